The first-order valence-corrected chi connectivity index (χ1v) is 12.9. The van der Waals surface area contributed by atoms with Gasteiger partial charge in [-0.2, -0.15) is 4.98 Å². The number of methoxy groups -OCH3 is 3. The summed E-state index contributed by atoms with van der Waals surface area (Å²) >= 11 is 3.45. The molecule has 2 aromatic carbocycles. The van der Waals surface area contributed by atoms with Gasteiger partial charge in [0.15, 0.2) is 11.5 Å². The minimum absolute atomic E-state index is 0.0601. The van der Waals surface area contributed by atoms with Gasteiger partial charge in [0.25, 0.3) is 0 Å². The van der Waals surface area contributed by atoms with Crippen molar-refractivity contribution in [3.05, 3.63) is 58.7 Å². The standard InChI is InChI=1S/C27H32BrN5O4/c1-17(18-7-9-20(28)10-8-18)30-26(34)19-6-5-13-33(16-19)24-11-12-29-27(32-24)31-21-14-22(35-2)25(37-4)23(15-21)36-3/h7-12,14-15,17,19H,5-6,13,16H2,1-4H3,(H,30,34)(H,29,31,32)/t17-,19-/m0/s1. The van der Waals surface area contributed by atoms with Gasteiger partial charge in [-0.25, -0.2) is 4.98 Å². The second-order valence-electron chi connectivity index (χ2n) is 8.84. The van der Waals surface area contributed by atoms with Crippen molar-refractivity contribution in [3.63, 3.8) is 0 Å². The maximum Gasteiger partial charge on any atom is 0.229 e. The number of nitrogens with zero attached hydrogens (tertiary/aromatic N) is 3. The van der Waals surface area contributed by atoms with Gasteiger partial charge in [0.1, 0.15) is 5.82 Å². The Bertz CT molecular complexity index is 1200. The van der Waals surface area contributed by atoms with Gasteiger partial charge in [0, 0.05) is 41.6 Å². The lowest BCUT2D eigenvalue weighted by atomic mass is 9.96. The molecular formula is C27H32BrN5O4. The Morgan fingerprint density at radius 3 is 2.43 bits per heavy atom. The van der Waals surface area contributed by atoms with Crippen LogP contribution in [-0.2, 0) is 4.79 Å². The zero-order valence-corrected chi connectivity index (χ0v) is 23.0. The maximum absolute atomic E-state index is 13.1. The van der Waals surface area contributed by atoms with Crippen LogP contribution in [0.3, 0.4) is 0 Å². The van der Waals surface area contributed by atoms with Crippen LogP contribution in [0.1, 0.15) is 31.4 Å². The monoisotopic (exact) mass is 569 g/mol. The van der Waals surface area contributed by atoms with Crippen LogP contribution in [0.5, 0.6) is 17.2 Å². The number of hydrogen-bond acceptors (Lipinski definition) is 8. The Labute approximate surface area is 225 Å². The van der Waals surface area contributed by atoms with E-state index in [0.717, 1.165) is 35.2 Å². The Hall–Kier alpha value is -3.53. The molecule has 1 aromatic heterocycles. The highest BCUT2D eigenvalue weighted by Crippen LogP contribution is 2.40. The second kappa shape index (κ2) is 12.1. The molecule has 196 valence electrons. The zero-order chi connectivity index (χ0) is 26.4. The Morgan fingerprint density at radius 1 is 1.08 bits per heavy atom. The molecule has 2 heterocycles. The first-order valence-electron chi connectivity index (χ1n) is 12.1. The van der Waals surface area contributed by atoms with Crippen LogP contribution in [-0.4, -0.2) is 50.3 Å². The fourth-order valence-corrected chi connectivity index (χ4v) is 4.70. The third-order valence-electron chi connectivity index (χ3n) is 6.41. The van der Waals surface area contributed by atoms with Crippen LogP contribution in [0.15, 0.2) is 53.1 Å². The molecule has 0 radical (unpaired) electrons. The fourth-order valence-electron chi connectivity index (χ4n) is 4.43. The number of amides is 1. The molecule has 9 nitrogen and oxygen atoms in total. The molecule has 2 N–H and O–H groups in total. The molecule has 1 aliphatic heterocycles. The van der Waals surface area contributed by atoms with E-state index in [9.17, 15) is 4.79 Å². The van der Waals surface area contributed by atoms with E-state index in [-0.39, 0.29) is 17.9 Å². The normalized spacial score (nSPS) is 16.0. The molecule has 0 aliphatic carbocycles. The smallest absolute Gasteiger partial charge is 0.229 e. The maximum atomic E-state index is 13.1. The van der Waals surface area contributed by atoms with Gasteiger partial charge in [-0.15, -0.1) is 0 Å². The number of ether oxygens (including phenoxy) is 3. The summed E-state index contributed by atoms with van der Waals surface area (Å²) in [6, 6.07) is 13.4. The number of hydrogen-bond donors (Lipinski definition) is 2. The van der Waals surface area contributed by atoms with E-state index < -0.39 is 0 Å². The molecule has 4 rings (SSSR count). The Kier molecular flexibility index (Phi) is 8.70. The van der Waals surface area contributed by atoms with Crippen molar-refractivity contribution in [3.8, 4) is 17.2 Å². The van der Waals surface area contributed by atoms with Crippen LogP contribution in [0.2, 0.25) is 0 Å². The number of rotatable bonds is 9. The van der Waals surface area contributed by atoms with E-state index in [4.69, 9.17) is 19.2 Å². The third kappa shape index (κ3) is 6.43. The zero-order valence-electron chi connectivity index (χ0n) is 21.5. The number of aromatic nitrogens is 2. The summed E-state index contributed by atoms with van der Waals surface area (Å²) in [5.41, 5.74) is 1.77. The first kappa shape index (κ1) is 26.5. The average Bonchev–Trinajstić information content (AvgIpc) is 2.93. The highest BCUT2D eigenvalue weighted by molar-refractivity contribution is 9.10. The van der Waals surface area contributed by atoms with Crippen LogP contribution >= 0.6 is 15.9 Å². The van der Waals surface area contributed by atoms with Crippen molar-refractivity contribution in [1.82, 2.24) is 15.3 Å². The molecule has 3 aromatic rings. The molecule has 1 fully saturated rings. The predicted molar refractivity (Wildman–Crippen MR) is 147 cm³/mol. The van der Waals surface area contributed by atoms with Crippen LogP contribution in [0, 0.1) is 5.92 Å². The van der Waals surface area contributed by atoms with Gasteiger partial charge >= 0.3 is 0 Å². The number of halogens is 1. The lowest BCUT2D eigenvalue weighted by Crippen LogP contribution is -2.44. The van der Waals surface area contributed by atoms with E-state index >= 15 is 0 Å². The van der Waals surface area contributed by atoms with Gasteiger partial charge in [0.05, 0.1) is 33.3 Å². The molecule has 1 amide bonds. The summed E-state index contributed by atoms with van der Waals surface area (Å²) < 4.78 is 17.3. The molecule has 2 atom stereocenters. The summed E-state index contributed by atoms with van der Waals surface area (Å²) in [5, 5.41) is 6.39. The van der Waals surface area contributed by atoms with E-state index in [2.05, 4.69) is 36.4 Å². The van der Waals surface area contributed by atoms with E-state index in [0.29, 0.717) is 35.4 Å². The third-order valence-corrected chi connectivity index (χ3v) is 6.94. The number of piperidine rings is 1. The molecule has 10 heteroatoms. The number of anilines is 3. The highest BCUT2D eigenvalue weighted by Gasteiger charge is 2.28. The SMILES string of the molecule is COc1cc(Nc2nccc(N3CCC[C@H](C(=O)N[C@@H](C)c4ccc(Br)cc4)C3)n2)cc(OC)c1OC. The number of carbonyl (C=O) groups excluding carboxylic acids is 1. The molecular weight excluding hydrogens is 538 g/mol. The van der Waals surface area contributed by atoms with Crippen molar-refractivity contribution >= 4 is 39.3 Å². The minimum atomic E-state index is -0.117. The van der Waals surface area contributed by atoms with Crippen molar-refractivity contribution in [2.24, 2.45) is 5.92 Å². The molecule has 1 saturated heterocycles. The van der Waals surface area contributed by atoms with Gasteiger partial charge in [-0.1, -0.05) is 28.1 Å². The number of carbonyl (C=O) groups is 1. The predicted octanol–water partition coefficient (Wildman–Crippen LogP) is 5.10. The molecule has 1 aliphatic rings. The minimum Gasteiger partial charge on any atom is -0.493 e. The van der Waals surface area contributed by atoms with E-state index in [1.807, 2.05) is 37.3 Å². The second-order valence-corrected chi connectivity index (χ2v) is 9.76. The van der Waals surface area contributed by atoms with Crippen LogP contribution < -0.4 is 29.7 Å². The quantitative estimate of drug-likeness (QED) is 0.367. The summed E-state index contributed by atoms with van der Waals surface area (Å²) in [6.45, 7) is 3.43. The lowest BCUT2D eigenvalue weighted by Gasteiger charge is -2.33. The molecule has 0 bridgehead atoms. The van der Waals surface area contributed by atoms with Gasteiger partial charge < -0.3 is 29.7 Å². The fraction of sp³-hybridized carbons (Fsp3) is 0.370. The summed E-state index contributed by atoms with van der Waals surface area (Å²) in [5.74, 6) is 2.71. The molecule has 0 saturated carbocycles. The Balaban J connectivity index is 1.44. The van der Waals surface area contributed by atoms with Crippen LogP contribution in [0.25, 0.3) is 0 Å². The van der Waals surface area contributed by atoms with Gasteiger partial charge in [-0.05, 0) is 43.5 Å². The highest BCUT2D eigenvalue weighted by atomic mass is 79.9. The van der Waals surface area contributed by atoms with Crippen molar-refractivity contribution in [2.45, 2.75) is 25.8 Å². The average molecular weight is 570 g/mol. The molecule has 37 heavy (non-hydrogen) atoms. The summed E-state index contributed by atoms with van der Waals surface area (Å²) in [7, 11) is 4.70. The Morgan fingerprint density at radius 2 is 1.78 bits per heavy atom. The number of benzene rings is 2. The van der Waals surface area contributed by atoms with Crippen molar-refractivity contribution in [2.75, 3.05) is 44.6 Å². The topological polar surface area (TPSA) is 97.8 Å². The van der Waals surface area contributed by atoms with Gasteiger partial charge in [-0.3, -0.25) is 4.79 Å². The summed E-state index contributed by atoms with van der Waals surface area (Å²) in [6.07, 6.45) is 3.46. The molecule has 0 spiro atoms. The van der Waals surface area contributed by atoms with Crippen molar-refractivity contribution < 1.29 is 19.0 Å². The largest absolute Gasteiger partial charge is 0.493 e. The van der Waals surface area contributed by atoms with Crippen molar-refractivity contribution in [1.29, 1.82) is 0 Å². The number of nitrogens with one attached hydrogen (secondary N) is 2. The van der Waals surface area contributed by atoms with Crippen LogP contribution in [0.4, 0.5) is 17.5 Å². The molecule has 0 unspecified atom stereocenters. The van der Waals surface area contributed by atoms with Gasteiger partial charge in [0.2, 0.25) is 17.6 Å². The lowest BCUT2D eigenvalue weighted by molar-refractivity contribution is -0.125. The first-order chi connectivity index (χ1) is 17.9. The van der Waals surface area contributed by atoms with E-state index in [1.165, 1.54) is 0 Å². The van der Waals surface area contributed by atoms with E-state index in [1.54, 1.807) is 39.7 Å². The summed E-state index contributed by atoms with van der Waals surface area (Å²) in [4.78, 5) is 24.3.